The number of benzene rings is 1. The van der Waals surface area contributed by atoms with E-state index in [-0.39, 0.29) is 5.56 Å². The van der Waals surface area contributed by atoms with Crippen molar-refractivity contribution in [3.63, 3.8) is 0 Å². The lowest BCUT2D eigenvalue weighted by atomic mass is 9.98. The van der Waals surface area contributed by atoms with E-state index >= 15 is 0 Å². The third kappa shape index (κ3) is 1.96. The molecule has 0 amide bonds. The fourth-order valence-corrected chi connectivity index (χ4v) is 3.34. The maximum Gasteiger partial charge on any atom is 0.215 e. The van der Waals surface area contributed by atoms with E-state index in [2.05, 4.69) is 4.98 Å². The average molecular weight is 310 g/mol. The normalized spacial score (nSPS) is 18.0. The topological polar surface area (TPSA) is 21.7 Å². The molecule has 0 bridgehead atoms. The molecule has 3 heteroatoms. The van der Waals surface area contributed by atoms with E-state index in [1.54, 1.807) is 23.8 Å². The van der Waals surface area contributed by atoms with E-state index in [0.717, 1.165) is 28.2 Å². The zero-order chi connectivity index (χ0) is 21.3. The molecule has 1 aliphatic rings. The molecule has 0 fully saturated rings. The first-order valence-electron chi connectivity index (χ1n) is 10.6. The molecule has 0 saturated carbocycles. The Morgan fingerprint density at radius 2 is 1.96 bits per heavy atom. The highest BCUT2D eigenvalue weighted by atomic mass is 15.1. The molecule has 3 nitrogen and oxygen atoms in total. The molecule has 0 spiro atoms. The van der Waals surface area contributed by atoms with Crippen molar-refractivity contribution < 1.29 is 12.8 Å². The van der Waals surface area contributed by atoms with Crippen molar-refractivity contribution in [1.82, 2.24) is 9.55 Å². The summed E-state index contributed by atoms with van der Waals surface area (Å²) in [4.78, 5) is 4.64. The zero-order valence-corrected chi connectivity index (χ0v) is 13.4. The molecular formula is C20H22N3+. The van der Waals surface area contributed by atoms with Gasteiger partial charge in [0, 0.05) is 32.5 Å². The molecule has 1 aromatic carbocycles. The van der Waals surface area contributed by atoms with Crippen LogP contribution < -0.4 is 4.57 Å². The van der Waals surface area contributed by atoms with Gasteiger partial charge in [-0.3, -0.25) is 0 Å². The molecule has 23 heavy (non-hydrogen) atoms. The summed E-state index contributed by atoms with van der Waals surface area (Å²) in [6, 6.07) is 3.54. The quantitative estimate of drug-likeness (QED) is 0.627. The van der Waals surface area contributed by atoms with Gasteiger partial charge in [-0.1, -0.05) is 12.1 Å². The SMILES string of the molecule is [2H]C([2H])([2H])c1c[n+](C)c(-c2c(C)cc(C([2H])([2H])[2H])c3nc4n(c23)C=CC4)cc1C. The minimum Gasteiger partial charge on any atom is -0.302 e. The summed E-state index contributed by atoms with van der Waals surface area (Å²) in [5.74, 6) is 0.802. The second-order valence-corrected chi connectivity index (χ2v) is 6.17. The standard InChI is InChI=1S/C20H22N3/c1-12-10-16(22(5)11-15(12)4)18-13(2)9-14(3)19-20(18)23-8-6-7-17(23)21-19/h6,8-11H,7H2,1-5H3/q+1/i3D3,4D3. The largest absolute Gasteiger partial charge is 0.302 e. The number of allylic oxidation sites excluding steroid dienone is 1. The van der Waals surface area contributed by atoms with Crippen LogP contribution in [0, 0.1) is 27.6 Å². The number of aromatic nitrogens is 3. The zero-order valence-electron chi connectivity index (χ0n) is 19.4. The van der Waals surface area contributed by atoms with E-state index in [9.17, 15) is 0 Å². The molecule has 116 valence electrons. The fraction of sp³-hybridized carbons (Fsp3) is 0.300. The van der Waals surface area contributed by atoms with Crippen LogP contribution in [0.4, 0.5) is 0 Å². The molecular weight excluding hydrogens is 282 g/mol. The van der Waals surface area contributed by atoms with Crippen LogP contribution in [-0.2, 0) is 13.5 Å². The van der Waals surface area contributed by atoms with Crippen LogP contribution in [-0.4, -0.2) is 9.55 Å². The lowest BCUT2D eigenvalue weighted by molar-refractivity contribution is -0.660. The molecule has 4 rings (SSSR count). The maximum atomic E-state index is 7.95. The Kier molecular flexibility index (Phi) is 1.88. The summed E-state index contributed by atoms with van der Waals surface area (Å²) in [5.41, 5.74) is 4.92. The van der Waals surface area contributed by atoms with Crippen LogP contribution in [0.3, 0.4) is 0 Å². The third-order valence-corrected chi connectivity index (χ3v) is 4.52. The third-order valence-electron chi connectivity index (χ3n) is 4.52. The average Bonchev–Trinajstić information content (AvgIpc) is 3.16. The number of imidazole rings is 1. The van der Waals surface area contributed by atoms with Crippen molar-refractivity contribution in [2.24, 2.45) is 7.05 Å². The number of fused-ring (bicyclic) bond motifs is 3. The molecule has 0 radical (unpaired) electrons. The summed E-state index contributed by atoms with van der Waals surface area (Å²) >= 11 is 0. The van der Waals surface area contributed by atoms with E-state index in [4.69, 9.17) is 8.22 Å². The highest BCUT2D eigenvalue weighted by Crippen LogP contribution is 2.35. The minimum absolute atomic E-state index is 0.238. The fourth-order valence-electron chi connectivity index (χ4n) is 3.34. The first kappa shape index (κ1) is 9.02. The van der Waals surface area contributed by atoms with Gasteiger partial charge in [-0.15, -0.1) is 0 Å². The number of pyridine rings is 1. The van der Waals surface area contributed by atoms with E-state index < -0.39 is 13.7 Å². The lowest BCUT2D eigenvalue weighted by Gasteiger charge is -2.11. The van der Waals surface area contributed by atoms with Gasteiger partial charge in [0.1, 0.15) is 12.9 Å². The van der Waals surface area contributed by atoms with Gasteiger partial charge in [0.25, 0.3) is 0 Å². The Labute approximate surface area is 145 Å². The summed E-state index contributed by atoms with van der Waals surface area (Å²) in [7, 11) is 1.81. The molecule has 2 aromatic heterocycles. The summed E-state index contributed by atoms with van der Waals surface area (Å²) in [6.45, 7) is -0.800. The van der Waals surface area contributed by atoms with Gasteiger partial charge in [-0.05, 0) is 44.2 Å². The van der Waals surface area contributed by atoms with Crippen LogP contribution in [0.15, 0.2) is 24.4 Å². The predicted octanol–water partition coefficient (Wildman–Crippen LogP) is 3.79. The number of aryl methyl sites for hydroxylation is 5. The van der Waals surface area contributed by atoms with Gasteiger partial charge in [0.05, 0.1) is 16.6 Å². The second kappa shape index (κ2) is 4.79. The second-order valence-electron chi connectivity index (χ2n) is 6.17. The number of hydrogen-bond acceptors (Lipinski definition) is 1. The van der Waals surface area contributed by atoms with E-state index in [0.29, 0.717) is 23.1 Å². The van der Waals surface area contributed by atoms with Gasteiger partial charge in [0.2, 0.25) is 5.69 Å². The summed E-state index contributed by atoms with van der Waals surface area (Å²) < 4.78 is 50.9. The molecule has 0 N–H and O–H groups in total. The Morgan fingerprint density at radius 3 is 2.74 bits per heavy atom. The molecule has 3 heterocycles. The Balaban J connectivity index is 2.10. The molecule has 0 aliphatic carbocycles. The maximum absolute atomic E-state index is 7.95. The Hall–Kier alpha value is -2.42. The van der Waals surface area contributed by atoms with Gasteiger partial charge in [0.15, 0.2) is 6.20 Å². The molecule has 0 saturated heterocycles. The molecule has 0 unspecified atom stereocenters. The van der Waals surface area contributed by atoms with Crippen LogP contribution in [0.25, 0.3) is 28.5 Å². The van der Waals surface area contributed by atoms with Crippen molar-refractivity contribution >= 4 is 17.2 Å². The molecule has 0 atom stereocenters. The first-order chi connectivity index (χ1) is 13.4. The van der Waals surface area contributed by atoms with Crippen LogP contribution >= 0.6 is 0 Å². The lowest BCUT2D eigenvalue weighted by Crippen LogP contribution is -2.31. The number of rotatable bonds is 1. The van der Waals surface area contributed by atoms with Crippen molar-refractivity contribution in [1.29, 1.82) is 0 Å². The first-order valence-corrected chi connectivity index (χ1v) is 7.62. The Morgan fingerprint density at radius 1 is 1.13 bits per heavy atom. The summed E-state index contributed by atoms with van der Waals surface area (Å²) in [6.07, 6.45) is 6.20. The van der Waals surface area contributed by atoms with E-state index in [1.807, 2.05) is 36.9 Å². The van der Waals surface area contributed by atoms with Gasteiger partial charge < -0.3 is 4.57 Å². The van der Waals surface area contributed by atoms with Crippen LogP contribution in [0.2, 0.25) is 0 Å². The monoisotopic (exact) mass is 310 g/mol. The van der Waals surface area contributed by atoms with Crippen molar-refractivity contribution in [3.05, 3.63) is 52.5 Å². The number of hydrogen-bond donors (Lipinski definition) is 0. The van der Waals surface area contributed by atoms with Crippen molar-refractivity contribution in [3.8, 4) is 11.3 Å². The van der Waals surface area contributed by atoms with Crippen molar-refractivity contribution in [2.45, 2.75) is 34.0 Å². The van der Waals surface area contributed by atoms with Gasteiger partial charge >= 0.3 is 0 Å². The van der Waals surface area contributed by atoms with Crippen LogP contribution in [0.5, 0.6) is 0 Å². The van der Waals surface area contributed by atoms with Gasteiger partial charge in [-0.25, -0.2) is 9.55 Å². The molecule has 1 aliphatic heterocycles. The van der Waals surface area contributed by atoms with Crippen molar-refractivity contribution in [2.75, 3.05) is 0 Å². The highest BCUT2D eigenvalue weighted by molar-refractivity contribution is 5.96. The highest BCUT2D eigenvalue weighted by Gasteiger charge is 2.24. The predicted molar refractivity (Wildman–Crippen MR) is 94.3 cm³/mol. The summed E-state index contributed by atoms with van der Waals surface area (Å²) in [5, 5.41) is 0. The Bertz CT molecular complexity index is 1180. The molecule has 3 aromatic rings. The smallest absolute Gasteiger partial charge is 0.215 e. The van der Waals surface area contributed by atoms with Crippen LogP contribution in [0.1, 0.15) is 36.3 Å². The van der Waals surface area contributed by atoms with Gasteiger partial charge in [-0.2, -0.15) is 0 Å². The van der Waals surface area contributed by atoms with E-state index in [1.165, 1.54) is 0 Å². The number of nitrogens with zero attached hydrogens (tertiary/aromatic N) is 3. The minimum atomic E-state index is -2.27.